The summed E-state index contributed by atoms with van der Waals surface area (Å²) in [4.78, 5) is 0. The van der Waals surface area contributed by atoms with Gasteiger partial charge in [-0.1, -0.05) is 13.3 Å². The first-order chi connectivity index (χ1) is 6.93. The molecule has 0 bridgehead atoms. The third kappa shape index (κ3) is 5.54. The van der Waals surface area contributed by atoms with Gasteiger partial charge in [0.15, 0.2) is 6.29 Å². The Balaban J connectivity index is 1.82. The van der Waals surface area contributed by atoms with E-state index in [1.54, 1.807) is 0 Å². The molecule has 0 aromatic carbocycles. The minimum absolute atomic E-state index is 0.196. The summed E-state index contributed by atoms with van der Waals surface area (Å²) in [5, 5.41) is 0. The zero-order valence-corrected chi connectivity index (χ0v) is 8.87. The van der Waals surface area contributed by atoms with Gasteiger partial charge in [0.1, 0.15) is 0 Å². The maximum atomic E-state index is 5.39. The van der Waals surface area contributed by atoms with E-state index in [4.69, 9.17) is 18.9 Å². The molecule has 4 nitrogen and oxygen atoms in total. The molecule has 1 saturated heterocycles. The second kappa shape index (κ2) is 8.17. The SMILES string of the molecule is CCCCOCCOC1COCCO1. The summed E-state index contributed by atoms with van der Waals surface area (Å²) in [6.45, 7) is 6.02. The molecule has 0 aromatic rings. The fraction of sp³-hybridized carbons (Fsp3) is 1.00. The Kier molecular flexibility index (Phi) is 6.95. The number of ether oxygens (including phenoxy) is 4. The summed E-state index contributed by atoms with van der Waals surface area (Å²) in [5.41, 5.74) is 0. The molecule has 84 valence electrons. The minimum atomic E-state index is -0.196. The number of unbranched alkanes of at least 4 members (excludes halogenated alkanes) is 1. The standard InChI is InChI=1S/C10H20O4/c1-2-3-4-11-5-7-13-10-9-12-6-8-14-10/h10H,2-9H2,1H3. The van der Waals surface area contributed by atoms with Crippen molar-refractivity contribution < 1.29 is 18.9 Å². The molecule has 14 heavy (non-hydrogen) atoms. The van der Waals surface area contributed by atoms with Crippen molar-refractivity contribution in [2.45, 2.75) is 26.1 Å². The molecule has 1 aliphatic rings. The summed E-state index contributed by atoms with van der Waals surface area (Å²) >= 11 is 0. The van der Waals surface area contributed by atoms with Crippen LogP contribution < -0.4 is 0 Å². The van der Waals surface area contributed by atoms with Crippen molar-refractivity contribution in [1.82, 2.24) is 0 Å². The Morgan fingerprint density at radius 3 is 2.86 bits per heavy atom. The quantitative estimate of drug-likeness (QED) is 0.584. The normalized spacial score (nSPS) is 22.5. The Labute approximate surface area is 85.5 Å². The van der Waals surface area contributed by atoms with Crippen molar-refractivity contribution in [3.63, 3.8) is 0 Å². The van der Waals surface area contributed by atoms with Crippen molar-refractivity contribution in [3.05, 3.63) is 0 Å². The zero-order valence-electron chi connectivity index (χ0n) is 8.87. The summed E-state index contributed by atoms with van der Waals surface area (Å²) in [6, 6.07) is 0. The first-order valence-electron chi connectivity index (χ1n) is 5.32. The molecule has 1 unspecified atom stereocenters. The van der Waals surface area contributed by atoms with Crippen molar-refractivity contribution in [2.75, 3.05) is 39.6 Å². The number of hydrogen-bond acceptors (Lipinski definition) is 4. The van der Waals surface area contributed by atoms with E-state index in [0.717, 1.165) is 13.0 Å². The lowest BCUT2D eigenvalue weighted by Crippen LogP contribution is -2.31. The molecule has 0 saturated carbocycles. The molecule has 1 rings (SSSR count). The average molecular weight is 204 g/mol. The topological polar surface area (TPSA) is 36.9 Å². The van der Waals surface area contributed by atoms with Crippen LogP contribution in [0.25, 0.3) is 0 Å². The van der Waals surface area contributed by atoms with E-state index in [9.17, 15) is 0 Å². The van der Waals surface area contributed by atoms with Crippen molar-refractivity contribution in [1.29, 1.82) is 0 Å². The van der Waals surface area contributed by atoms with Crippen molar-refractivity contribution in [3.8, 4) is 0 Å². The Morgan fingerprint density at radius 1 is 1.21 bits per heavy atom. The molecule has 4 heteroatoms. The Morgan fingerprint density at radius 2 is 2.14 bits per heavy atom. The van der Waals surface area contributed by atoms with E-state index in [2.05, 4.69) is 6.92 Å². The highest BCUT2D eigenvalue weighted by Gasteiger charge is 2.13. The van der Waals surface area contributed by atoms with Gasteiger partial charge >= 0.3 is 0 Å². The van der Waals surface area contributed by atoms with Crippen molar-refractivity contribution in [2.24, 2.45) is 0 Å². The van der Waals surface area contributed by atoms with Gasteiger partial charge in [-0.2, -0.15) is 0 Å². The minimum Gasteiger partial charge on any atom is -0.379 e. The molecule has 1 atom stereocenters. The second-order valence-electron chi connectivity index (χ2n) is 3.21. The molecular weight excluding hydrogens is 184 g/mol. The van der Waals surface area contributed by atoms with Gasteiger partial charge in [0, 0.05) is 6.61 Å². The highest BCUT2D eigenvalue weighted by molar-refractivity contribution is 4.48. The maximum Gasteiger partial charge on any atom is 0.181 e. The molecular formula is C10H20O4. The van der Waals surface area contributed by atoms with E-state index in [-0.39, 0.29) is 6.29 Å². The predicted molar refractivity (Wildman–Crippen MR) is 52.2 cm³/mol. The highest BCUT2D eigenvalue weighted by Crippen LogP contribution is 2.01. The fourth-order valence-corrected chi connectivity index (χ4v) is 1.15. The van der Waals surface area contributed by atoms with E-state index in [1.807, 2.05) is 0 Å². The maximum absolute atomic E-state index is 5.39. The monoisotopic (exact) mass is 204 g/mol. The fourth-order valence-electron chi connectivity index (χ4n) is 1.15. The van der Waals surface area contributed by atoms with Gasteiger partial charge in [-0.25, -0.2) is 0 Å². The van der Waals surface area contributed by atoms with Crippen molar-refractivity contribution >= 4 is 0 Å². The number of hydrogen-bond donors (Lipinski definition) is 0. The second-order valence-corrected chi connectivity index (χ2v) is 3.21. The zero-order chi connectivity index (χ0) is 10.1. The van der Waals surface area contributed by atoms with Crippen LogP contribution >= 0.6 is 0 Å². The van der Waals surface area contributed by atoms with Gasteiger partial charge in [-0.15, -0.1) is 0 Å². The molecule has 0 aromatic heterocycles. The van der Waals surface area contributed by atoms with Crippen LogP contribution in [0.4, 0.5) is 0 Å². The van der Waals surface area contributed by atoms with Gasteiger partial charge in [-0.05, 0) is 6.42 Å². The van der Waals surface area contributed by atoms with Gasteiger partial charge in [0.2, 0.25) is 0 Å². The first-order valence-corrected chi connectivity index (χ1v) is 5.32. The third-order valence-electron chi connectivity index (χ3n) is 1.96. The van der Waals surface area contributed by atoms with Crippen LogP contribution in [0.15, 0.2) is 0 Å². The van der Waals surface area contributed by atoms with Crippen LogP contribution in [0.3, 0.4) is 0 Å². The number of rotatable bonds is 7. The van der Waals surface area contributed by atoms with Crippen LogP contribution in [-0.2, 0) is 18.9 Å². The van der Waals surface area contributed by atoms with E-state index in [0.29, 0.717) is 33.0 Å². The molecule has 1 aliphatic heterocycles. The van der Waals surface area contributed by atoms with Crippen LogP contribution in [-0.4, -0.2) is 45.9 Å². The lowest BCUT2D eigenvalue weighted by Gasteiger charge is -2.22. The molecule has 0 spiro atoms. The van der Waals surface area contributed by atoms with Crippen LogP contribution in [0.5, 0.6) is 0 Å². The molecule has 1 fully saturated rings. The van der Waals surface area contributed by atoms with Gasteiger partial charge in [0.05, 0.1) is 33.0 Å². The van der Waals surface area contributed by atoms with E-state index in [1.165, 1.54) is 6.42 Å². The lowest BCUT2D eigenvalue weighted by atomic mass is 10.4. The van der Waals surface area contributed by atoms with Crippen LogP contribution in [0.2, 0.25) is 0 Å². The molecule has 0 aliphatic carbocycles. The Hall–Kier alpha value is -0.160. The van der Waals surface area contributed by atoms with E-state index >= 15 is 0 Å². The average Bonchev–Trinajstić information content (AvgIpc) is 2.25. The molecule has 0 amide bonds. The van der Waals surface area contributed by atoms with Crippen LogP contribution in [0, 0.1) is 0 Å². The van der Waals surface area contributed by atoms with Crippen LogP contribution in [0.1, 0.15) is 19.8 Å². The molecule has 0 N–H and O–H groups in total. The first kappa shape index (κ1) is 11.9. The van der Waals surface area contributed by atoms with Gasteiger partial charge < -0.3 is 18.9 Å². The largest absolute Gasteiger partial charge is 0.379 e. The summed E-state index contributed by atoms with van der Waals surface area (Å²) in [5.74, 6) is 0. The molecule has 1 heterocycles. The van der Waals surface area contributed by atoms with Gasteiger partial charge in [-0.3, -0.25) is 0 Å². The summed E-state index contributed by atoms with van der Waals surface area (Å²) in [7, 11) is 0. The smallest absolute Gasteiger partial charge is 0.181 e. The van der Waals surface area contributed by atoms with Gasteiger partial charge in [0.25, 0.3) is 0 Å². The van der Waals surface area contributed by atoms with E-state index < -0.39 is 0 Å². The predicted octanol–water partition coefficient (Wildman–Crippen LogP) is 1.19. The third-order valence-corrected chi connectivity index (χ3v) is 1.96. The summed E-state index contributed by atoms with van der Waals surface area (Å²) < 4.78 is 21.2. The lowest BCUT2D eigenvalue weighted by molar-refractivity contribution is -0.215. The summed E-state index contributed by atoms with van der Waals surface area (Å²) in [6.07, 6.45) is 2.09. The Bertz CT molecular complexity index is 123. The highest BCUT2D eigenvalue weighted by atomic mass is 16.7. The molecule has 0 radical (unpaired) electrons.